The Labute approximate surface area is 138 Å². The number of hydrogen-bond acceptors (Lipinski definition) is 4. The van der Waals surface area contributed by atoms with Crippen LogP contribution in [0.3, 0.4) is 0 Å². The van der Waals surface area contributed by atoms with Gasteiger partial charge in [0.25, 0.3) is 0 Å². The molecule has 4 aromatic rings. The minimum absolute atomic E-state index is 0.147. The van der Waals surface area contributed by atoms with Crippen molar-refractivity contribution in [3.63, 3.8) is 0 Å². The van der Waals surface area contributed by atoms with Gasteiger partial charge in [0.2, 0.25) is 5.91 Å². The first kappa shape index (κ1) is 14.3. The summed E-state index contributed by atoms with van der Waals surface area (Å²) in [5.41, 5.74) is 4.97. The van der Waals surface area contributed by atoms with Crippen molar-refractivity contribution >= 4 is 28.3 Å². The monoisotopic (exact) mass is 317 g/mol. The molecule has 0 atom stereocenters. The van der Waals surface area contributed by atoms with Crippen LogP contribution in [0.2, 0.25) is 0 Å². The lowest BCUT2D eigenvalue weighted by atomic mass is 10.0. The number of carbonyl (C=O) groups excluding carboxylic acids is 1. The molecule has 0 aromatic carbocycles. The van der Waals surface area contributed by atoms with Crippen molar-refractivity contribution < 1.29 is 4.79 Å². The number of imidazole rings is 1. The van der Waals surface area contributed by atoms with Gasteiger partial charge in [0.1, 0.15) is 11.5 Å². The van der Waals surface area contributed by atoms with Crippen LogP contribution in [-0.2, 0) is 4.79 Å². The van der Waals surface area contributed by atoms with E-state index in [9.17, 15) is 4.79 Å². The van der Waals surface area contributed by atoms with E-state index in [4.69, 9.17) is 0 Å². The second-order valence-electron chi connectivity index (χ2n) is 5.68. The molecule has 118 valence electrons. The third-order valence-corrected chi connectivity index (χ3v) is 3.99. The van der Waals surface area contributed by atoms with Gasteiger partial charge in [0.15, 0.2) is 0 Å². The van der Waals surface area contributed by atoms with Crippen molar-refractivity contribution in [2.75, 3.05) is 5.32 Å². The Kier molecular flexibility index (Phi) is 3.23. The number of aromatic nitrogens is 4. The zero-order valence-corrected chi connectivity index (χ0v) is 13.3. The number of nitrogens with zero attached hydrogens (tertiary/aromatic N) is 4. The molecule has 0 saturated heterocycles. The van der Waals surface area contributed by atoms with Crippen molar-refractivity contribution in [1.82, 2.24) is 19.4 Å². The Hall–Kier alpha value is -3.28. The first-order valence-corrected chi connectivity index (χ1v) is 7.58. The van der Waals surface area contributed by atoms with E-state index >= 15 is 0 Å². The van der Waals surface area contributed by atoms with E-state index in [1.54, 1.807) is 18.6 Å². The summed E-state index contributed by atoms with van der Waals surface area (Å²) in [5.74, 6) is 0.377. The molecule has 4 aromatic heterocycles. The molecule has 1 amide bonds. The average Bonchev–Trinajstić information content (AvgIpc) is 3.04. The van der Waals surface area contributed by atoms with Crippen molar-refractivity contribution in [3.05, 3.63) is 54.7 Å². The van der Waals surface area contributed by atoms with Gasteiger partial charge in [0.05, 0.1) is 5.52 Å². The summed E-state index contributed by atoms with van der Waals surface area (Å²) in [5, 5.41) is 3.68. The van der Waals surface area contributed by atoms with Crippen molar-refractivity contribution in [2.45, 2.75) is 13.8 Å². The molecule has 0 spiro atoms. The number of carbonyl (C=O) groups is 1. The van der Waals surface area contributed by atoms with Gasteiger partial charge in [-0.2, -0.15) is 0 Å². The highest BCUT2D eigenvalue weighted by Crippen LogP contribution is 2.30. The van der Waals surface area contributed by atoms with Crippen LogP contribution in [0.1, 0.15) is 12.5 Å². The fraction of sp³-hybridized carbons (Fsp3) is 0.111. The van der Waals surface area contributed by atoms with E-state index < -0.39 is 0 Å². The minimum atomic E-state index is -0.147. The molecule has 0 aliphatic carbocycles. The van der Waals surface area contributed by atoms with Crippen LogP contribution in [0.25, 0.3) is 27.7 Å². The molecule has 0 bridgehead atoms. The molecule has 4 heterocycles. The summed E-state index contributed by atoms with van der Waals surface area (Å²) in [6, 6.07) is 5.90. The quantitative estimate of drug-likeness (QED) is 0.616. The van der Waals surface area contributed by atoms with Crippen LogP contribution >= 0.6 is 0 Å². The molecule has 6 heteroatoms. The number of aryl methyl sites for hydroxylation is 1. The van der Waals surface area contributed by atoms with Gasteiger partial charge in [-0.05, 0) is 24.6 Å². The number of amides is 1. The first-order valence-electron chi connectivity index (χ1n) is 7.58. The fourth-order valence-corrected chi connectivity index (χ4v) is 2.89. The van der Waals surface area contributed by atoms with Gasteiger partial charge >= 0.3 is 0 Å². The van der Waals surface area contributed by atoms with E-state index in [1.165, 1.54) is 6.92 Å². The second-order valence-corrected chi connectivity index (χ2v) is 5.68. The summed E-state index contributed by atoms with van der Waals surface area (Å²) in [6.45, 7) is 3.52. The number of nitrogens with one attached hydrogen (secondary N) is 1. The lowest BCUT2D eigenvalue weighted by molar-refractivity contribution is -0.114. The van der Waals surface area contributed by atoms with Gasteiger partial charge in [-0.15, -0.1) is 0 Å². The maximum Gasteiger partial charge on any atom is 0.222 e. The van der Waals surface area contributed by atoms with Gasteiger partial charge in [-0.1, -0.05) is 0 Å². The van der Waals surface area contributed by atoms with Crippen LogP contribution in [0.15, 0.2) is 49.2 Å². The molecular formula is C18H15N5O. The Morgan fingerprint density at radius 3 is 2.79 bits per heavy atom. The molecule has 24 heavy (non-hydrogen) atoms. The van der Waals surface area contributed by atoms with E-state index in [0.717, 1.165) is 33.2 Å². The van der Waals surface area contributed by atoms with Gasteiger partial charge in [-0.3, -0.25) is 14.2 Å². The van der Waals surface area contributed by atoms with Gasteiger partial charge in [0, 0.05) is 60.5 Å². The SMILES string of the molecule is CC(=O)Nc1cc2c(cn1)cc(-c1cnccc1C)c1nccn12. The number of hydrogen-bond donors (Lipinski definition) is 1. The highest BCUT2D eigenvalue weighted by Gasteiger charge is 2.12. The Balaban J connectivity index is 2.02. The highest BCUT2D eigenvalue weighted by atomic mass is 16.1. The van der Waals surface area contributed by atoms with Crippen molar-refractivity contribution in [3.8, 4) is 11.1 Å². The highest BCUT2D eigenvalue weighted by molar-refractivity contribution is 5.94. The fourth-order valence-electron chi connectivity index (χ4n) is 2.89. The van der Waals surface area contributed by atoms with Crippen LogP contribution in [0.5, 0.6) is 0 Å². The predicted octanol–water partition coefficient (Wildman–Crippen LogP) is 3.21. The summed E-state index contributed by atoms with van der Waals surface area (Å²) >= 11 is 0. The normalized spacial score (nSPS) is 11.1. The van der Waals surface area contributed by atoms with E-state index in [1.807, 2.05) is 28.9 Å². The maximum atomic E-state index is 11.3. The first-order chi connectivity index (χ1) is 11.6. The maximum absolute atomic E-state index is 11.3. The van der Waals surface area contributed by atoms with Crippen LogP contribution < -0.4 is 5.32 Å². The predicted molar refractivity (Wildman–Crippen MR) is 92.8 cm³/mol. The lowest BCUT2D eigenvalue weighted by Gasteiger charge is -2.11. The second kappa shape index (κ2) is 5.42. The Morgan fingerprint density at radius 2 is 2.00 bits per heavy atom. The zero-order chi connectivity index (χ0) is 16.7. The molecule has 0 aliphatic heterocycles. The van der Waals surface area contributed by atoms with Crippen LogP contribution in [-0.4, -0.2) is 25.3 Å². The van der Waals surface area contributed by atoms with E-state index in [0.29, 0.717) is 5.82 Å². The third-order valence-electron chi connectivity index (χ3n) is 3.99. The molecule has 0 radical (unpaired) electrons. The minimum Gasteiger partial charge on any atom is -0.311 e. The molecule has 0 saturated carbocycles. The molecule has 1 N–H and O–H groups in total. The number of pyridine rings is 3. The lowest BCUT2D eigenvalue weighted by Crippen LogP contribution is -2.07. The van der Waals surface area contributed by atoms with Gasteiger partial charge < -0.3 is 5.32 Å². The summed E-state index contributed by atoms with van der Waals surface area (Å²) in [7, 11) is 0. The van der Waals surface area contributed by atoms with E-state index in [2.05, 4.69) is 33.3 Å². The van der Waals surface area contributed by atoms with E-state index in [-0.39, 0.29) is 5.91 Å². The zero-order valence-electron chi connectivity index (χ0n) is 13.3. The topological polar surface area (TPSA) is 72.2 Å². The molecule has 6 nitrogen and oxygen atoms in total. The smallest absolute Gasteiger partial charge is 0.222 e. The third kappa shape index (κ3) is 2.28. The summed E-state index contributed by atoms with van der Waals surface area (Å²) in [6.07, 6.45) is 9.07. The molecule has 0 unspecified atom stereocenters. The summed E-state index contributed by atoms with van der Waals surface area (Å²) < 4.78 is 2.00. The van der Waals surface area contributed by atoms with Crippen molar-refractivity contribution in [1.29, 1.82) is 0 Å². The van der Waals surface area contributed by atoms with Crippen LogP contribution in [0, 0.1) is 6.92 Å². The molecule has 0 aliphatic rings. The number of anilines is 1. The molecule has 0 fully saturated rings. The van der Waals surface area contributed by atoms with Gasteiger partial charge in [-0.25, -0.2) is 9.97 Å². The Bertz CT molecular complexity index is 1080. The summed E-state index contributed by atoms with van der Waals surface area (Å²) in [4.78, 5) is 24.3. The molecular weight excluding hydrogens is 302 g/mol. The molecule has 4 rings (SSSR count). The standard InChI is InChI=1S/C18H15N5O/c1-11-3-4-19-10-15(11)14-7-13-9-21-17(22-12(2)24)8-16(13)23-6-5-20-18(14)23/h3-10H,1-2H3,(H,21,22,24). The number of rotatable bonds is 2. The van der Waals surface area contributed by atoms with Crippen LogP contribution in [0.4, 0.5) is 5.82 Å². The number of fused-ring (bicyclic) bond motifs is 3. The van der Waals surface area contributed by atoms with Crippen molar-refractivity contribution in [2.24, 2.45) is 0 Å². The Morgan fingerprint density at radius 1 is 1.12 bits per heavy atom. The largest absolute Gasteiger partial charge is 0.311 e. The average molecular weight is 317 g/mol.